The molecule has 17 heavy (non-hydrogen) atoms. The largest absolute Gasteiger partial charge is 0.491 e. The number of rotatable bonds is 6. The Labute approximate surface area is 98.0 Å². The van der Waals surface area contributed by atoms with Crippen LogP contribution in [0.3, 0.4) is 0 Å². The van der Waals surface area contributed by atoms with Gasteiger partial charge in [-0.05, 0) is 18.6 Å². The molecule has 1 rings (SSSR count). The standard InChI is InChI=1S/C12H14F2O3/c1-2-3-6-17-10-5-4-9(13)8(12(10)14)7-11(15)16/h4-5H,2-3,6-7H2,1H3,(H,15,16). The van der Waals surface area contributed by atoms with Crippen LogP contribution in [0, 0.1) is 11.6 Å². The van der Waals surface area contributed by atoms with Crippen LogP contribution in [-0.4, -0.2) is 17.7 Å². The first-order chi connectivity index (χ1) is 8.06. The van der Waals surface area contributed by atoms with Crippen LogP contribution >= 0.6 is 0 Å². The summed E-state index contributed by atoms with van der Waals surface area (Å²) in [5, 5.41) is 8.55. The maximum atomic E-state index is 13.7. The van der Waals surface area contributed by atoms with Crippen LogP contribution in [0.1, 0.15) is 25.3 Å². The number of hydrogen-bond donors (Lipinski definition) is 1. The lowest BCUT2D eigenvalue weighted by molar-refractivity contribution is -0.136. The number of ether oxygens (including phenoxy) is 1. The molecule has 0 fully saturated rings. The maximum Gasteiger partial charge on any atom is 0.308 e. The topological polar surface area (TPSA) is 46.5 Å². The van der Waals surface area contributed by atoms with E-state index in [1.54, 1.807) is 0 Å². The highest BCUT2D eigenvalue weighted by molar-refractivity contribution is 5.70. The molecule has 0 saturated carbocycles. The summed E-state index contributed by atoms with van der Waals surface area (Å²) in [6, 6.07) is 2.19. The van der Waals surface area contributed by atoms with E-state index < -0.39 is 29.6 Å². The van der Waals surface area contributed by atoms with Gasteiger partial charge in [-0.25, -0.2) is 8.78 Å². The summed E-state index contributed by atoms with van der Waals surface area (Å²) in [6.45, 7) is 2.28. The molecule has 1 aromatic rings. The lowest BCUT2D eigenvalue weighted by atomic mass is 10.1. The van der Waals surface area contributed by atoms with Crippen molar-refractivity contribution in [2.75, 3.05) is 6.61 Å². The molecule has 0 aliphatic carbocycles. The van der Waals surface area contributed by atoms with Gasteiger partial charge in [0.2, 0.25) is 0 Å². The second kappa shape index (κ2) is 6.18. The fraction of sp³-hybridized carbons (Fsp3) is 0.417. The second-order valence-electron chi connectivity index (χ2n) is 3.61. The van der Waals surface area contributed by atoms with E-state index in [0.29, 0.717) is 6.61 Å². The van der Waals surface area contributed by atoms with Gasteiger partial charge >= 0.3 is 5.97 Å². The summed E-state index contributed by atoms with van der Waals surface area (Å²) in [5.41, 5.74) is -0.466. The zero-order chi connectivity index (χ0) is 12.8. The van der Waals surface area contributed by atoms with Crippen molar-refractivity contribution in [3.63, 3.8) is 0 Å². The van der Waals surface area contributed by atoms with E-state index in [4.69, 9.17) is 9.84 Å². The predicted molar refractivity (Wildman–Crippen MR) is 58.1 cm³/mol. The molecule has 0 aromatic heterocycles. The predicted octanol–water partition coefficient (Wildman–Crippen LogP) is 2.77. The maximum absolute atomic E-state index is 13.7. The van der Waals surface area contributed by atoms with Crippen molar-refractivity contribution < 1.29 is 23.4 Å². The normalized spacial score (nSPS) is 10.3. The van der Waals surface area contributed by atoms with E-state index in [1.807, 2.05) is 6.92 Å². The smallest absolute Gasteiger partial charge is 0.308 e. The monoisotopic (exact) mass is 244 g/mol. The second-order valence-corrected chi connectivity index (χ2v) is 3.61. The summed E-state index contributed by atoms with van der Waals surface area (Å²) < 4.78 is 32.0. The molecular weight excluding hydrogens is 230 g/mol. The zero-order valence-electron chi connectivity index (χ0n) is 9.50. The van der Waals surface area contributed by atoms with Gasteiger partial charge in [-0.2, -0.15) is 0 Å². The summed E-state index contributed by atoms with van der Waals surface area (Å²) in [4.78, 5) is 10.5. The van der Waals surface area contributed by atoms with Gasteiger partial charge in [-0.1, -0.05) is 13.3 Å². The Kier molecular flexibility index (Phi) is 4.87. The highest BCUT2D eigenvalue weighted by Gasteiger charge is 2.17. The number of hydrogen-bond acceptors (Lipinski definition) is 2. The van der Waals surface area contributed by atoms with Crippen molar-refractivity contribution in [3.8, 4) is 5.75 Å². The number of unbranched alkanes of at least 4 members (excludes halogenated alkanes) is 1. The van der Waals surface area contributed by atoms with Gasteiger partial charge in [-0.15, -0.1) is 0 Å². The molecule has 0 bridgehead atoms. The lowest BCUT2D eigenvalue weighted by Crippen LogP contribution is -2.07. The molecule has 1 aromatic carbocycles. The van der Waals surface area contributed by atoms with Gasteiger partial charge in [-0.3, -0.25) is 4.79 Å². The van der Waals surface area contributed by atoms with Gasteiger partial charge in [0.25, 0.3) is 0 Å². The number of halogens is 2. The molecule has 0 unspecified atom stereocenters. The Hall–Kier alpha value is -1.65. The summed E-state index contributed by atoms with van der Waals surface area (Å²) >= 11 is 0. The Morgan fingerprint density at radius 2 is 2.12 bits per heavy atom. The van der Waals surface area contributed by atoms with Crippen molar-refractivity contribution in [3.05, 3.63) is 29.3 Å². The van der Waals surface area contributed by atoms with Crippen LogP contribution in [-0.2, 0) is 11.2 Å². The molecule has 1 N–H and O–H groups in total. The number of aliphatic carboxylic acids is 1. The third kappa shape index (κ3) is 3.69. The average molecular weight is 244 g/mol. The van der Waals surface area contributed by atoms with Crippen LogP contribution in [0.15, 0.2) is 12.1 Å². The van der Waals surface area contributed by atoms with Crippen molar-refractivity contribution in [1.82, 2.24) is 0 Å². The molecule has 0 heterocycles. The Morgan fingerprint density at radius 3 is 2.71 bits per heavy atom. The highest BCUT2D eigenvalue weighted by Crippen LogP contribution is 2.24. The molecule has 5 heteroatoms. The van der Waals surface area contributed by atoms with Crippen LogP contribution < -0.4 is 4.74 Å². The Balaban J connectivity index is 2.89. The van der Waals surface area contributed by atoms with Crippen LogP contribution in [0.25, 0.3) is 0 Å². The van der Waals surface area contributed by atoms with Crippen LogP contribution in [0.5, 0.6) is 5.75 Å². The minimum Gasteiger partial charge on any atom is -0.491 e. The summed E-state index contributed by atoms with van der Waals surface area (Å²) in [6.07, 6.45) is 0.957. The Bertz CT molecular complexity index is 405. The van der Waals surface area contributed by atoms with Gasteiger partial charge in [0.1, 0.15) is 5.82 Å². The summed E-state index contributed by atoms with van der Waals surface area (Å²) in [5.74, 6) is -3.18. The van der Waals surface area contributed by atoms with Gasteiger partial charge in [0.05, 0.1) is 13.0 Å². The van der Waals surface area contributed by atoms with E-state index in [-0.39, 0.29) is 5.75 Å². The van der Waals surface area contributed by atoms with Crippen LogP contribution in [0.4, 0.5) is 8.78 Å². The molecule has 3 nitrogen and oxygen atoms in total. The van der Waals surface area contributed by atoms with Gasteiger partial charge < -0.3 is 9.84 Å². The molecule has 94 valence electrons. The quantitative estimate of drug-likeness (QED) is 0.783. The fourth-order valence-electron chi connectivity index (χ4n) is 1.33. The Morgan fingerprint density at radius 1 is 1.41 bits per heavy atom. The molecule has 0 aliphatic heterocycles. The first-order valence-electron chi connectivity index (χ1n) is 5.37. The van der Waals surface area contributed by atoms with Crippen molar-refractivity contribution >= 4 is 5.97 Å². The fourth-order valence-corrected chi connectivity index (χ4v) is 1.33. The number of carbonyl (C=O) groups is 1. The van der Waals surface area contributed by atoms with E-state index in [1.165, 1.54) is 6.07 Å². The van der Waals surface area contributed by atoms with E-state index in [9.17, 15) is 13.6 Å². The van der Waals surface area contributed by atoms with Gasteiger partial charge in [0.15, 0.2) is 11.6 Å². The highest BCUT2D eigenvalue weighted by atomic mass is 19.1. The van der Waals surface area contributed by atoms with E-state index >= 15 is 0 Å². The van der Waals surface area contributed by atoms with Crippen molar-refractivity contribution in [1.29, 1.82) is 0 Å². The van der Waals surface area contributed by atoms with Crippen LogP contribution in [0.2, 0.25) is 0 Å². The first-order valence-corrected chi connectivity index (χ1v) is 5.37. The van der Waals surface area contributed by atoms with Crippen molar-refractivity contribution in [2.24, 2.45) is 0 Å². The molecule has 0 amide bonds. The molecule has 0 spiro atoms. The summed E-state index contributed by atoms with van der Waals surface area (Å²) in [7, 11) is 0. The number of benzene rings is 1. The molecule has 0 atom stereocenters. The SMILES string of the molecule is CCCCOc1ccc(F)c(CC(=O)O)c1F. The lowest BCUT2D eigenvalue weighted by Gasteiger charge is -2.09. The third-order valence-corrected chi connectivity index (χ3v) is 2.23. The molecule has 0 radical (unpaired) electrons. The molecule has 0 saturated heterocycles. The average Bonchev–Trinajstić information content (AvgIpc) is 2.27. The van der Waals surface area contributed by atoms with Crippen molar-refractivity contribution in [2.45, 2.75) is 26.2 Å². The first kappa shape index (κ1) is 13.4. The van der Waals surface area contributed by atoms with E-state index in [0.717, 1.165) is 18.9 Å². The minimum atomic E-state index is -1.28. The number of carboxylic acids is 1. The minimum absolute atomic E-state index is 0.101. The number of carboxylic acid groups (broad SMARTS) is 1. The third-order valence-electron chi connectivity index (χ3n) is 2.23. The molecular formula is C12H14F2O3. The van der Waals surface area contributed by atoms with E-state index in [2.05, 4.69) is 0 Å². The zero-order valence-corrected chi connectivity index (χ0v) is 9.50. The van der Waals surface area contributed by atoms with Gasteiger partial charge in [0, 0.05) is 5.56 Å². The molecule has 0 aliphatic rings.